The van der Waals surface area contributed by atoms with Crippen LogP contribution >= 0.6 is 15.9 Å². The Morgan fingerprint density at radius 3 is 2.92 bits per heavy atom. The lowest BCUT2D eigenvalue weighted by atomic mass is 9.98. The van der Waals surface area contributed by atoms with Crippen LogP contribution < -0.4 is 5.73 Å². The van der Waals surface area contributed by atoms with Crippen LogP contribution in [0, 0.1) is 5.92 Å². The van der Waals surface area contributed by atoms with Crippen LogP contribution in [0.1, 0.15) is 18.2 Å². The number of halogens is 1. The van der Waals surface area contributed by atoms with Crippen LogP contribution in [0.25, 0.3) is 0 Å². The van der Waals surface area contributed by atoms with E-state index in [4.69, 9.17) is 14.9 Å². The first-order valence-electron chi connectivity index (χ1n) is 4.36. The van der Waals surface area contributed by atoms with Crippen molar-refractivity contribution in [2.75, 3.05) is 13.2 Å². The Labute approximate surface area is 85.4 Å². The molecule has 0 aliphatic carbocycles. The molecule has 1 aliphatic heterocycles. The van der Waals surface area contributed by atoms with Gasteiger partial charge in [0.05, 0.1) is 12.6 Å². The zero-order valence-electron chi connectivity index (χ0n) is 7.20. The minimum atomic E-state index is -0.0335. The number of furan rings is 1. The van der Waals surface area contributed by atoms with E-state index in [0.717, 1.165) is 30.1 Å². The molecule has 2 heterocycles. The Kier molecular flexibility index (Phi) is 2.71. The van der Waals surface area contributed by atoms with Gasteiger partial charge in [0, 0.05) is 12.5 Å². The van der Waals surface area contributed by atoms with Crippen LogP contribution in [0.15, 0.2) is 21.2 Å². The van der Waals surface area contributed by atoms with Crippen LogP contribution in [0.4, 0.5) is 0 Å². The van der Waals surface area contributed by atoms with Gasteiger partial charge in [0.25, 0.3) is 0 Å². The second-order valence-corrected chi connectivity index (χ2v) is 4.07. The predicted molar refractivity (Wildman–Crippen MR) is 52.3 cm³/mol. The normalized spacial score (nSPS) is 24.9. The van der Waals surface area contributed by atoms with Crippen molar-refractivity contribution in [1.29, 1.82) is 0 Å². The number of hydrogen-bond acceptors (Lipinski definition) is 3. The summed E-state index contributed by atoms with van der Waals surface area (Å²) in [6, 6.07) is 3.74. The standard InChI is InChI=1S/C9H12BrNO2/c10-8-2-1-7(13-8)9(11)6-3-4-12-5-6/h1-2,6,9H,3-5,11H2. The zero-order chi connectivity index (χ0) is 9.26. The molecule has 2 unspecified atom stereocenters. The summed E-state index contributed by atoms with van der Waals surface area (Å²) in [7, 11) is 0. The average molecular weight is 246 g/mol. The Bertz CT molecular complexity index is 281. The fourth-order valence-electron chi connectivity index (χ4n) is 1.58. The molecule has 1 fully saturated rings. The monoisotopic (exact) mass is 245 g/mol. The van der Waals surface area contributed by atoms with E-state index < -0.39 is 0 Å². The van der Waals surface area contributed by atoms with Crippen LogP contribution in [0.3, 0.4) is 0 Å². The van der Waals surface area contributed by atoms with E-state index in [1.165, 1.54) is 0 Å². The maximum Gasteiger partial charge on any atom is 0.169 e. The van der Waals surface area contributed by atoms with Gasteiger partial charge < -0.3 is 14.9 Å². The van der Waals surface area contributed by atoms with Gasteiger partial charge in [-0.2, -0.15) is 0 Å². The molecule has 0 bridgehead atoms. The van der Waals surface area contributed by atoms with Crippen molar-refractivity contribution in [3.8, 4) is 0 Å². The summed E-state index contributed by atoms with van der Waals surface area (Å²) in [6.45, 7) is 1.57. The SMILES string of the molecule is NC(c1ccc(Br)o1)C1CCOC1. The molecule has 13 heavy (non-hydrogen) atoms. The minimum absolute atomic E-state index is 0.0335. The van der Waals surface area contributed by atoms with Crippen LogP contribution in [-0.2, 0) is 4.74 Å². The highest BCUT2D eigenvalue weighted by Crippen LogP contribution is 2.28. The first-order valence-corrected chi connectivity index (χ1v) is 5.15. The molecule has 0 radical (unpaired) electrons. The van der Waals surface area contributed by atoms with Crippen LogP contribution in [0.5, 0.6) is 0 Å². The molecule has 1 aromatic heterocycles. The third-order valence-electron chi connectivity index (χ3n) is 2.40. The van der Waals surface area contributed by atoms with Crippen molar-refractivity contribution < 1.29 is 9.15 Å². The molecular formula is C9H12BrNO2. The molecule has 2 rings (SSSR count). The Morgan fingerprint density at radius 1 is 1.54 bits per heavy atom. The van der Waals surface area contributed by atoms with Crippen LogP contribution in [-0.4, -0.2) is 13.2 Å². The fourth-order valence-corrected chi connectivity index (χ4v) is 1.89. The molecular weight excluding hydrogens is 234 g/mol. The summed E-state index contributed by atoms with van der Waals surface area (Å²) in [5, 5.41) is 0. The third-order valence-corrected chi connectivity index (χ3v) is 2.82. The first-order chi connectivity index (χ1) is 6.27. The first kappa shape index (κ1) is 9.24. The molecule has 2 N–H and O–H groups in total. The molecule has 0 amide bonds. The Morgan fingerprint density at radius 2 is 2.38 bits per heavy atom. The van der Waals surface area contributed by atoms with Crippen molar-refractivity contribution in [2.45, 2.75) is 12.5 Å². The van der Waals surface area contributed by atoms with E-state index in [9.17, 15) is 0 Å². The molecule has 1 aliphatic rings. The van der Waals surface area contributed by atoms with Gasteiger partial charge in [0.2, 0.25) is 0 Å². The molecule has 0 aromatic carbocycles. The van der Waals surface area contributed by atoms with E-state index >= 15 is 0 Å². The summed E-state index contributed by atoms with van der Waals surface area (Å²) < 4.78 is 11.4. The highest BCUT2D eigenvalue weighted by molar-refractivity contribution is 9.10. The van der Waals surface area contributed by atoms with E-state index in [2.05, 4.69) is 15.9 Å². The summed E-state index contributed by atoms with van der Waals surface area (Å²) in [6.07, 6.45) is 1.03. The Balaban J connectivity index is 2.07. The Hall–Kier alpha value is -0.320. The smallest absolute Gasteiger partial charge is 0.169 e. The molecule has 2 atom stereocenters. The topological polar surface area (TPSA) is 48.4 Å². The molecule has 1 saturated heterocycles. The third kappa shape index (κ3) is 1.95. The average Bonchev–Trinajstić information content (AvgIpc) is 2.72. The molecule has 1 aromatic rings. The zero-order valence-corrected chi connectivity index (χ0v) is 8.79. The van der Waals surface area contributed by atoms with Crippen molar-refractivity contribution in [3.05, 3.63) is 22.6 Å². The van der Waals surface area contributed by atoms with Gasteiger partial charge in [-0.3, -0.25) is 0 Å². The van der Waals surface area contributed by atoms with Crippen molar-refractivity contribution >= 4 is 15.9 Å². The largest absolute Gasteiger partial charge is 0.453 e. The summed E-state index contributed by atoms with van der Waals surface area (Å²) in [5.74, 6) is 1.24. The van der Waals surface area contributed by atoms with Crippen molar-refractivity contribution in [2.24, 2.45) is 11.7 Å². The van der Waals surface area contributed by atoms with E-state index in [-0.39, 0.29) is 6.04 Å². The predicted octanol–water partition coefficient (Wildman–Crippen LogP) is 2.08. The van der Waals surface area contributed by atoms with Gasteiger partial charge in [-0.15, -0.1) is 0 Å². The lowest BCUT2D eigenvalue weighted by Crippen LogP contribution is -2.20. The lowest BCUT2D eigenvalue weighted by molar-refractivity contribution is 0.178. The summed E-state index contributed by atoms with van der Waals surface area (Å²) in [4.78, 5) is 0. The van der Waals surface area contributed by atoms with Gasteiger partial charge in [0.1, 0.15) is 5.76 Å². The number of rotatable bonds is 2. The van der Waals surface area contributed by atoms with Gasteiger partial charge in [0.15, 0.2) is 4.67 Å². The molecule has 4 heteroatoms. The highest BCUT2D eigenvalue weighted by Gasteiger charge is 2.25. The fraction of sp³-hybridized carbons (Fsp3) is 0.556. The molecule has 3 nitrogen and oxygen atoms in total. The quantitative estimate of drug-likeness (QED) is 0.868. The van der Waals surface area contributed by atoms with E-state index in [1.807, 2.05) is 12.1 Å². The van der Waals surface area contributed by atoms with Crippen LogP contribution in [0.2, 0.25) is 0 Å². The van der Waals surface area contributed by atoms with Gasteiger partial charge >= 0.3 is 0 Å². The van der Waals surface area contributed by atoms with E-state index in [1.54, 1.807) is 0 Å². The second kappa shape index (κ2) is 3.82. The van der Waals surface area contributed by atoms with Gasteiger partial charge in [-0.05, 0) is 34.5 Å². The van der Waals surface area contributed by atoms with Crippen molar-refractivity contribution in [3.63, 3.8) is 0 Å². The molecule has 72 valence electrons. The summed E-state index contributed by atoms with van der Waals surface area (Å²) >= 11 is 3.26. The van der Waals surface area contributed by atoms with E-state index in [0.29, 0.717) is 5.92 Å². The number of ether oxygens (including phenoxy) is 1. The number of hydrogen-bond donors (Lipinski definition) is 1. The lowest BCUT2D eigenvalue weighted by Gasteiger charge is -2.14. The minimum Gasteiger partial charge on any atom is -0.453 e. The molecule has 0 saturated carbocycles. The molecule has 0 spiro atoms. The number of nitrogens with two attached hydrogens (primary N) is 1. The highest BCUT2D eigenvalue weighted by atomic mass is 79.9. The van der Waals surface area contributed by atoms with Gasteiger partial charge in [-0.25, -0.2) is 0 Å². The summed E-state index contributed by atoms with van der Waals surface area (Å²) in [5.41, 5.74) is 6.02. The maximum atomic E-state index is 6.02. The maximum absolute atomic E-state index is 6.02. The second-order valence-electron chi connectivity index (χ2n) is 3.29. The van der Waals surface area contributed by atoms with Crippen molar-refractivity contribution in [1.82, 2.24) is 0 Å². The van der Waals surface area contributed by atoms with Gasteiger partial charge in [-0.1, -0.05) is 0 Å².